The first-order valence-electron chi connectivity index (χ1n) is 13.3. The van der Waals surface area contributed by atoms with Gasteiger partial charge < -0.3 is 19.1 Å². The van der Waals surface area contributed by atoms with Crippen LogP contribution in [0.2, 0.25) is 0 Å². The molecule has 2 aliphatic heterocycles. The van der Waals surface area contributed by atoms with E-state index in [1.165, 1.54) is 19.2 Å². The third kappa shape index (κ3) is 5.13. The summed E-state index contributed by atoms with van der Waals surface area (Å²) in [5, 5.41) is 0.454. The molecule has 2 fully saturated rings. The number of ether oxygens (including phenoxy) is 1. The lowest BCUT2D eigenvalue weighted by atomic mass is 10.0. The van der Waals surface area contributed by atoms with Gasteiger partial charge in [-0.05, 0) is 50.5 Å². The highest BCUT2D eigenvalue weighted by molar-refractivity contribution is 6.45. The average molecular weight is 536 g/mol. The monoisotopic (exact) mass is 535 g/mol. The number of nitrogens with zero attached hydrogens (tertiary/aromatic N) is 5. The van der Waals surface area contributed by atoms with Gasteiger partial charge in [-0.3, -0.25) is 19.3 Å². The molecular weight excluding hydrogens is 501 g/mol. The van der Waals surface area contributed by atoms with Crippen LogP contribution in [-0.4, -0.2) is 87.2 Å². The van der Waals surface area contributed by atoms with Gasteiger partial charge in [0.05, 0.1) is 12.7 Å². The lowest BCUT2D eigenvalue weighted by Gasteiger charge is -2.44. The molecule has 206 valence electrons. The van der Waals surface area contributed by atoms with Gasteiger partial charge in [-0.2, -0.15) is 4.98 Å². The van der Waals surface area contributed by atoms with E-state index in [4.69, 9.17) is 4.74 Å². The highest BCUT2D eigenvalue weighted by Gasteiger charge is 2.35. The van der Waals surface area contributed by atoms with Crippen LogP contribution in [0.1, 0.15) is 53.0 Å². The molecule has 2 saturated heterocycles. The van der Waals surface area contributed by atoms with Crippen molar-refractivity contribution < 1.29 is 23.5 Å². The van der Waals surface area contributed by atoms with Crippen molar-refractivity contribution in [3.63, 3.8) is 0 Å². The smallest absolute Gasteiger partial charge is 0.295 e. The summed E-state index contributed by atoms with van der Waals surface area (Å²) in [5.74, 6) is -1.45. The Balaban J connectivity index is 1.42. The number of benzene rings is 1. The maximum atomic E-state index is 13.9. The molecule has 39 heavy (non-hydrogen) atoms. The number of amides is 2. The van der Waals surface area contributed by atoms with Gasteiger partial charge in [-0.25, -0.2) is 4.39 Å². The van der Waals surface area contributed by atoms with Gasteiger partial charge in [0.1, 0.15) is 17.0 Å². The SMILES string of the molecule is COc1nc2c(cc1C(=O)N1C[C@H](C)N(Cc3ccc(F)cc3)C[C@H]1C)c(C(=O)C(=O)N1CCCC1)cn2C. The van der Waals surface area contributed by atoms with Crippen molar-refractivity contribution in [1.29, 1.82) is 0 Å². The fourth-order valence-electron chi connectivity index (χ4n) is 5.63. The van der Waals surface area contributed by atoms with Crippen LogP contribution in [0, 0.1) is 5.82 Å². The van der Waals surface area contributed by atoms with Crippen LogP contribution in [0.25, 0.3) is 11.0 Å². The van der Waals surface area contributed by atoms with E-state index >= 15 is 0 Å². The van der Waals surface area contributed by atoms with E-state index in [2.05, 4.69) is 16.8 Å². The van der Waals surface area contributed by atoms with E-state index in [-0.39, 0.29) is 40.8 Å². The molecule has 9 nitrogen and oxygen atoms in total. The molecule has 0 spiro atoms. The van der Waals surface area contributed by atoms with E-state index in [0.29, 0.717) is 43.8 Å². The number of halogens is 1. The summed E-state index contributed by atoms with van der Waals surface area (Å²) in [6, 6.07) is 8.07. The van der Waals surface area contributed by atoms with Crippen molar-refractivity contribution in [1.82, 2.24) is 24.3 Å². The zero-order chi connectivity index (χ0) is 27.8. The summed E-state index contributed by atoms with van der Waals surface area (Å²) in [6.45, 7) is 6.99. The third-order valence-electron chi connectivity index (χ3n) is 7.85. The number of methoxy groups -OCH3 is 1. The molecule has 10 heteroatoms. The Morgan fingerprint density at radius 3 is 2.38 bits per heavy atom. The van der Waals surface area contributed by atoms with Crippen molar-refractivity contribution in [3.05, 3.63) is 59.0 Å². The predicted octanol–water partition coefficient (Wildman–Crippen LogP) is 3.26. The fraction of sp³-hybridized carbons (Fsp3) is 0.448. The molecular formula is C29H34FN5O4. The Kier molecular flexibility index (Phi) is 7.40. The summed E-state index contributed by atoms with van der Waals surface area (Å²) in [6.07, 6.45) is 3.38. The lowest BCUT2D eigenvalue weighted by molar-refractivity contribution is -0.125. The quantitative estimate of drug-likeness (QED) is 0.356. The third-order valence-corrected chi connectivity index (χ3v) is 7.85. The second-order valence-electron chi connectivity index (χ2n) is 10.6. The summed E-state index contributed by atoms with van der Waals surface area (Å²) in [7, 11) is 3.21. The minimum Gasteiger partial charge on any atom is -0.480 e. The number of pyridine rings is 1. The summed E-state index contributed by atoms with van der Waals surface area (Å²) in [4.78, 5) is 50.2. The van der Waals surface area contributed by atoms with E-state index in [1.807, 2.05) is 6.92 Å². The number of carbonyl (C=O) groups excluding carboxylic acids is 3. The number of carbonyl (C=O) groups is 3. The van der Waals surface area contributed by atoms with E-state index in [9.17, 15) is 18.8 Å². The number of aryl methyl sites for hydroxylation is 1. The van der Waals surface area contributed by atoms with Gasteiger partial charge in [0.2, 0.25) is 5.88 Å². The van der Waals surface area contributed by atoms with Crippen molar-refractivity contribution in [2.24, 2.45) is 7.05 Å². The van der Waals surface area contributed by atoms with Crippen LogP contribution in [0.15, 0.2) is 36.5 Å². The largest absolute Gasteiger partial charge is 0.480 e. The van der Waals surface area contributed by atoms with Gasteiger partial charge in [0, 0.05) is 63.4 Å². The van der Waals surface area contributed by atoms with Crippen LogP contribution >= 0.6 is 0 Å². The van der Waals surface area contributed by atoms with Gasteiger partial charge in [0.15, 0.2) is 0 Å². The first kappa shape index (κ1) is 26.8. The Bertz CT molecular complexity index is 1410. The van der Waals surface area contributed by atoms with Crippen molar-refractivity contribution in [2.45, 2.75) is 45.3 Å². The maximum absolute atomic E-state index is 13.9. The molecule has 0 unspecified atom stereocenters. The van der Waals surface area contributed by atoms with Gasteiger partial charge >= 0.3 is 0 Å². The van der Waals surface area contributed by atoms with Crippen LogP contribution in [0.4, 0.5) is 4.39 Å². The van der Waals surface area contributed by atoms with Crippen molar-refractivity contribution >= 4 is 28.6 Å². The van der Waals surface area contributed by atoms with E-state index in [0.717, 1.165) is 18.4 Å². The predicted molar refractivity (Wildman–Crippen MR) is 144 cm³/mol. The van der Waals surface area contributed by atoms with Gasteiger partial charge in [-0.1, -0.05) is 12.1 Å². The minimum absolute atomic E-state index is 0.0600. The number of hydrogen-bond acceptors (Lipinski definition) is 6. The number of Topliss-reactive ketones (excluding diaryl/α,β-unsaturated/α-hetero) is 1. The van der Waals surface area contributed by atoms with Gasteiger partial charge in [-0.15, -0.1) is 0 Å². The number of aromatic nitrogens is 2. The summed E-state index contributed by atoms with van der Waals surface area (Å²) >= 11 is 0. The second kappa shape index (κ2) is 10.8. The second-order valence-corrected chi connectivity index (χ2v) is 10.6. The molecule has 5 rings (SSSR count). The number of rotatable bonds is 6. The van der Waals surface area contributed by atoms with Crippen LogP contribution in [-0.2, 0) is 18.4 Å². The van der Waals surface area contributed by atoms with Gasteiger partial charge in [0.25, 0.3) is 17.6 Å². The molecule has 0 saturated carbocycles. The molecule has 4 heterocycles. The maximum Gasteiger partial charge on any atom is 0.295 e. The molecule has 1 aromatic carbocycles. The van der Waals surface area contributed by atoms with Crippen molar-refractivity contribution in [2.75, 3.05) is 33.3 Å². The number of likely N-dealkylation sites (tertiary alicyclic amines) is 1. The Morgan fingerprint density at radius 1 is 1.03 bits per heavy atom. The zero-order valence-corrected chi connectivity index (χ0v) is 22.8. The Hall–Kier alpha value is -3.79. The molecule has 0 N–H and O–H groups in total. The fourth-order valence-corrected chi connectivity index (χ4v) is 5.63. The van der Waals surface area contributed by atoms with E-state index in [1.54, 1.807) is 45.8 Å². The number of hydrogen-bond donors (Lipinski definition) is 0. The molecule has 0 aliphatic carbocycles. The first-order valence-corrected chi connectivity index (χ1v) is 13.3. The number of ketones is 1. The highest BCUT2D eigenvalue weighted by atomic mass is 19.1. The van der Waals surface area contributed by atoms with Crippen LogP contribution in [0.5, 0.6) is 5.88 Å². The normalized spacial score (nSPS) is 20.0. The Labute approximate surface area is 227 Å². The molecule has 2 aromatic heterocycles. The average Bonchev–Trinajstić information content (AvgIpc) is 3.58. The molecule has 2 amide bonds. The standard InChI is InChI=1S/C29H34FN5O4/c1-18-15-35(19(2)14-34(18)16-20-7-9-21(30)10-8-20)28(37)23-13-22-24(17-32(3)26(22)31-27(23)39-4)25(36)29(38)33-11-5-6-12-33/h7-10,13,17-19H,5-6,11-12,14-16H2,1-4H3/t18-,19+/m0/s1. The number of fused-ring (bicyclic) bond motifs is 1. The Morgan fingerprint density at radius 2 is 1.72 bits per heavy atom. The zero-order valence-electron chi connectivity index (χ0n) is 22.8. The van der Waals surface area contributed by atoms with Crippen LogP contribution < -0.4 is 4.74 Å². The molecule has 2 atom stereocenters. The molecule has 3 aromatic rings. The minimum atomic E-state index is -0.593. The number of piperazine rings is 1. The van der Waals surface area contributed by atoms with Crippen molar-refractivity contribution in [3.8, 4) is 5.88 Å². The summed E-state index contributed by atoms with van der Waals surface area (Å²) < 4.78 is 20.5. The first-order chi connectivity index (χ1) is 18.7. The lowest BCUT2D eigenvalue weighted by Crippen LogP contribution is -2.57. The highest BCUT2D eigenvalue weighted by Crippen LogP contribution is 2.30. The topological polar surface area (TPSA) is 88.0 Å². The van der Waals surface area contributed by atoms with E-state index < -0.39 is 11.7 Å². The molecule has 0 radical (unpaired) electrons. The molecule has 2 aliphatic rings. The molecule has 0 bridgehead atoms. The summed E-state index contributed by atoms with van der Waals surface area (Å²) in [5.41, 5.74) is 1.96. The van der Waals surface area contributed by atoms with Crippen LogP contribution in [0.3, 0.4) is 0 Å².